The van der Waals surface area contributed by atoms with Gasteiger partial charge in [-0.25, -0.2) is 8.42 Å². The molecule has 0 radical (unpaired) electrons. The van der Waals surface area contributed by atoms with Crippen LogP contribution in [0.3, 0.4) is 0 Å². The third-order valence-corrected chi connectivity index (χ3v) is 5.77. The van der Waals surface area contributed by atoms with Gasteiger partial charge in [-0.2, -0.15) is 4.31 Å². The fourth-order valence-electron chi connectivity index (χ4n) is 2.31. The SMILES string of the molecule is CCC(CC)NC(=O)COC(=O)CN(C)S(=O)(=O)c1ccc(NC(C)=O)cc1. The van der Waals surface area contributed by atoms with E-state index in [1.807, 2.05) is 13.8 Å². The van der Waals surface area contributed by atoms with E-state index in [9.17, 15) is 22.8 Å². The zero-order valence-corrected chi connectivity index (χ0v) is 17.3. The Kier molecular flexibility index (Phi) is 9.07. The maximum Gasteiger partial charge on any atom is 0.321 e. The molecule has 1 aromatic carbocycles. The van der Waals surface area contributed by atoms with E-state index in [0.717, 1.165) is 17.1 Å². The number of hydrogen-bond donors (Lipinski definition) is 2. The fourth-order valence-corrected chi connectivity index (χ4v) is 3.43. The molecule has 2 amide bonds. The van der Waals surface area contributed by atoms with Gasteiger partial charge >= 0.3 is 5.97 Å². The highest BCUT2D eigenvalue weighted by atomic mass is 32.2. The van der Waals surface area contributed by atoms with Crippen LogP contribution in [0.4, 0.5) is 5.69 Å². The Bertz CT molecular complexity index is 788. The van der Waals surface area contributed by atoms with Gasteiger partial charge in [0, 0.05) is 25.7 Å². The van der Waals surface area contributed by atoms with Crippen LogP contribution < -0.4 is 10.6 Å². The van der Waals surface area contributed by atoms with Gasteiger partial charge in [-0.15, -0.1) is 0 Å². The zero-order valence-electron chi connectivity index (χ0n) is 16.5. The average molecular weight is 413 g/mol. The molecule has 0 saturated carbocycles. The minimum atomic E-state index is -3.93. The number of hydrogen-bond acceptors (Lipinski definition) is 6. The molecule has 0 aliphatic heterocycles. The molecule has 0 atom stereocenters. The molecule has 0 saturated heterocycles. The minimum Gasteiger partial charge on any atom is -0.455 e. The Labute approximate surface area is 165 Å². The van der Waals surface area contributed by atoms with Crippen molar-refractivity contribution >= 4 is 33.5 Å². The smallest absolute Gasteiger partial charge is 0.321 e. The first kappa shape index (κ1) is 23.6. The van der Waals surface area contributed by atoms with E-state index in [4.69, 9.17) is 4.74 Å². The van der Waals surface area contributed by atoms with Crippen LogP contribution in [-0.2, 0) is 29.1 Å². The highest BCUT2D eigenvalue weighted by molar-refractivity contribution is 7.89. The lowest BCUT2D eigenvalue weighted by Crippen LogP contribution is -2.38. The average Bonchev–Trinajstić information content (AvgIpc) is 2.64. The third-order valence-electron chi connectivity index (χ3n) is 3.95. The number of likely N-dealkylation sites (N-methyl/N-ethyl adjacent to an activating group) is 1. The lowest BCUT2D eigenvalue weighted by molar-refractivity contribution is -0.148. The van der Waals surface area contributed by atoms with Crippen molar-refractivity contribution in [1.29, 1.82) is 0 Å². The van der Waals surface area contributed by atoms with Crippen molar-refractivity contribution in [2.45, 2.75) is 44.6 Å². The number of benzene rings is 1. The first-order valence-electron chi connectivity index (χ1n) is 8.89. The summed E-state index contributed by atoms with van der Waals surface area (Å²) in [5.41, 5.74) is 0.456. The Morgan fingerprint density at radius 3 is 2.18 bits per heavy atom. The van der Waals surface area contributed by atoms with Crippen LogP contribution in [-0.4, -0.2) is 56.7 Å². The van der Waals surface area contributed by atoms with Gasteiger partial charge in [0.1, 0.15) is 6.54 Å². The molecule has 0 bridgehead atoms. The van der Waals surface area contributed by atoms with Crippen molar-refractivity contribution in [3.8, 4) is 0 Å². The maximum atomic E-state index is 12.5. The van der Waals surface area contributed by atoms with Gasteiger partial charge in [-0.1, -0.05) is 13.8 Å². The van der Waals surface area contributed by atoms with Crippen molar-refractivity contribution in [3.63, 3.8) is 0 Å². The van der Waals surface area contributed by atoms with Crippen molar-refractivity contribution in [2.75, 3.05) is 25.5 Å². The molecule has 0 fully saturated rings. The van der Waals surface area contributed by atoms with E-state index in [1.54, 1.807) is 0 Å². The van der Waals surface area contributed by atoms with Gasteiger partial charge in [0.2, 0.25) is 15.9 Å². The van der Waals surface area contributed by atoms with Crippen LogP contribution in [0.15, 0.2) is 29.2 Å². The van der Waals surface area contributed by atoms with Crippen LogP contribution in [0.2, 0.25) is 0 Å². The molecular formula is C18H27N3O6S. The minimum absolute atomic E-state index is 0.00900. The summed E-state index contributed by atoms with van der Waals surface area (Å²) in [5.74, 6) is -1.54. The summed E-state index contributed by atoms with van der Waals surface area (Å²) in [4.78, 5) is 34.6. The van der Waals surface area contributed by atoms with Crippen LogP contribution in [0.25, 0.3) is 0 Å². The zero-order chi connectivity index (χ0) is 21.3. The molecule has 0 spiro atoms. The number of sulfonamides is 1. The summed E-state index contributed by atoms with van der Waals surface area (Å²) in [7, 11) is -2.69. The van der Waals surface area contributed by atoms with Crippen LogP contribution in [0.1, 0.15) is 33.6 Å². The summed E-state index contributed by atoms with van der Waals surface area (Å²) in [6, 6.07) is 5.55. The molecule has 0 aromatic heterocycles. The van der Waals surface area contributed by atoms with Gasteiger partial charge in [0.05, 0.1) is 4.90 Å². The van der Waals surface area contributed by atoms with Gasteiger partial charge < -0.3 is 15.4 Å². The molecule has 1 rings (SSSR count). The lowest BCUT2D eigenvalue weighted by Gasteiger charge is -2.17. The van der Waals surface area contributed by atoms with E-state index in [1.165, 1.54) is 38.2 Å². The van der Waals surface area contributed by atoms with Gasteiger partial charge in [-0.3, -0.25) is 14.4 Å². The lowest BCUT2D eigenvalue weighted by atomic mass is 10.2. The number of esters is 1. The topological polar surface area (TPSA) is 122 Å². The summed E-state index contributed by atoms with van der Waals surface area (Å²) in [6.07, 6.45) is 1.52. The van der Waals surface area contributed by atoms with Gasteiger partial charge in [-0.05, 0) is 37.1 Å². The van der Waals surface area contributed by atoms with Crippen molar-refractivity contribution < 1.29 is 27.5 Å². The van der Waals surface area contributed by atoms with Gasteiger partial charge in [0.15, 0.2) is 6.61 Å². The molecule has 10 heteroatoms. The van der Waals surface area contributed by atoms with Crippen LogP contribution in [0.5, 0.6) is 0 Å². The Morgan fingerprint density at radius 2 is 1.68 bits per heavy atom. The summed E-state index contributed by atoms with van der Waals surface area (Å²) in [5, 5.41) is 5.26. The number of anilines is 1. The normalized spacial score (nSPS) is 11.4. The third kappa shape index (κ3) is 7.28. The van der Waals surface area contributed by atoms with E-state index in [2.05, 4.69) is 10.6 Å². The van der Waals surface area contributed by atoms with Crippen molar-refractivity contribution in [3.05, 3.63) is 24.3 Å². The van der Waals surface area contributed by atoms with Crippen LogP contribution >= 0.6 is 0 Å². The summed E-state index contributed by atoms with van der Waals surface area (Å²) >= 11 is 0. The second-order valence-corrected chi connectivity index (χ2v) is 8.25. The molecule has 0 aliphatic carbocycles. The molecule has 1 aromatic rings. The van der Waals surface area contributed by atoms with Crippen molar-refractivity contribution in [2.24, 2.45) is 0 Å². The molecule has 0 heterocycles. The number of amides is 2. The van der Waals surface area contributed by atoms with E-state index in [-0.39, 0.29) is 16.8 Å². The second-order valence-electron chi connectivity index (χ2n) is 6.21. The van der Waals surface area contributed by atoms with E-state index < -0.39 is 35.1 Å². The first-order chi connectivity index (χ1) is 13.1. The number of nitrogens with zero attached hydrogens (tertiary/aromatic N) is 1. The highest BCUT2D eigenvalue weighted by Crippen LogP contribution is 2.17. The van der Waals surface area contributed by atoms with Crippen LogP contribution in [0, 0.1) is 0 Å². The molecule has 156 valence electrons. The monoisotopic (exact) mass is 413 g/mol. The number of nitrogens with one attached hydrogen (secondary N) is 2. The molecule has 28 heavy (non-hydrogen) atoms. The number of rotatable bonds is 10. The molecule has 0 aliphatic rings. The Hall–Kier alpha value is -2.46. The highest BCUT2D eigenvalue weighted by Gasteiger charge is 2.24. The molecular weight excluding hydrogens is 386 g/mol. The second kappa shape index (κ2) is 10.8. The Balaban J connectivity index is 2.62. The summed E-state index contributed by atoms with van der Waals surface area (Å²) in [6.45, 7) is 4.21. The van der Waals surface area contributed by atoms with E-state index in [0.29, 0.717) is 5.69 Å². The molecule has 2 N–H and O–H groups in total. The van der Waals surface area contributed by atoms with Gasteiger partial charge in [0.25, 0.3) is 5.91 Å². The largest absolute Gasteiger partial charge is 0.455 e. The van der Waals surface area contributed by atoms with Crippen molar-refractivity contribution in [1.82, 2.24) is 9.62 Å². The Morgan fingerprint density at radius 1 is 1.11 bits per heavy atom. The maximum absolute atomic E-state index is 12.5. The molecule has 9 nitrogen and oxygen atoms in total. The summed E-state index contributed by atoms with van der Waals surface area (Å²) < 4.78 is 30.7. The standard InChI is InChI=1S/C18H27N3O6S/c1-5-14(6-2)20-17(23)12-27-18(24)11-21(4)28(25,26)16-9-7-15(8-10-16)19-13(3)22/h7-10,14H,5-6,11-12H2,1-4H3,(H,19,22)(H,20,23). The predicted octanol–water partition coefficient (Wildman–Crippen LogP) is 1.11. The quantitative estimate of drug-likeness (QED) is 0.554. The fraction of sp³-hybridized carbons (Fsp3) is 0.500. The molecule has 0 unspecified atom stereocenters. The van der Waals surface area contributed by atoms with E-state index >= 15 is 0 Å². The number of carbonyl (C=O) groups excluding carboxylic acids is 3. The predicted molar refractivity (Wildman–Crippen MR) is 104 cm³/mol. The number of carbonyl (C=O) groups is 3. The first-order valence-corrected chi connectivity index (χ1v) is 10.3. The number of ether oxygens (including phenoxy) is 1.